The van der Waals surface area contributed by atoms with E-state index in [1.165, 1.54) is 17.0 Å². The van der Waals surface area contributed by atoms with E-state index in [2.05, 4.69) is 24.4 Å². The van der Waals surface area contributed by atoms with Crippen LogP contribution >= 0.6 is 0 Å². The average Bonchev–Trinajstić information content (AvgIpc) is 2.48. The lowest BCUT2D eigenvalue weighted by molar-refractivity contribution is 0.615. The van der Waals surface area contributed by atoms with Crippen LogP contribution in [0.2, 0.25) is 0 Å². The number of nitrogens with zero attached hydrogens (tertiary/aromatic N) is 2. The van der Waals surface area contributed by atoms with Crippen molar-refractivity contribution >= 4 is 0 Å². The molecule has 0 amide bonds. The topological polar surface area (TPSA) is 37.8 Å². The molecule has 0 fully saturated rings. The number of rotatable bonds is 3. The molecule has 1 aliphatic rings. The minimum atomic E-state index is 0.879. The molecular weight excluding hydrogens is 234 g/mol. The molecule has 1 aliphatic heterocycles. The zero-order chi connectivity index (χ0) is 13.1. The van der Waals surface area contributed by atoms with Crippen molar-refractivity contribution in [1.29, 1.82) is 0 Å². The first-order valence-electron chi connectivity index (χ1n) is 7.03. The Labute approximate surface area is 114 Å². The van der Waals surface area contributed by atoms with Crippen LogP contribution in [0.5, 0.6) is 0 Å². The molecule has 98 valence electrons. The molecule has 0 saturated heterocycles. The van der Waals surface area contributed by atoms with Crippen molar-refractivity contribution in [3.05, 3.63) is 47.3 Å². The molecular formula is C16H19N3. The van der Waals surface area contributed by atoms with E-state index in [9.17, 15) is 0 Å². The van der Waals surface area contributed by atoms with E-state index in [1.54, 1.807) is 0 Å². The quantitative estimate of drug-likeness (QED) is 0.914. The van der Waals surface area contributed by atoms with Gasteiger partial charge >= 0.3 is 0 Å². The van der Waals surface area contributed by atoms with E-state index >= 15 is 0 Å². The second kappa shape index (κ2) is 5.49. The lowest BCUT2D eigenvalue weighted by atomic mass is 10.0. The molecule has 1 aromatic heterocycles. The van der Waals surface area contributed by atoms with Gasteiger partial charge < -0.3 is 5.32 Å². The molecule has 0 bridgehead atoms. The van der Waals surface area contributed by atoms with Crippen LogP contribution in [0.3, 0.4) is 0 Å². The van der Waals surface area contributed by atoms with Gasteiger partial charge in [0.05, 0.1) is 5.69 Å². The van der Waals surface area contributed by atoms with Crippen LogP contribution in [0.15, 0.2) is 30.3 Å². The summed E-state index contributed by atoms with van der Waals surface area (Å²) < 4.78 is 0. The van der Waals surface area contributed by atoms with Gasteiger partial charge in [-0.15, -0.1) is 0 Å². The molecule has 0 unspecified atom stereocenters. The van der Waals surface area contributed by atoms with E-state index in [0.717, 1.165) is 43.7 Å². The summed E-state index contributed by atoms with van der Waals surface area (Å²) in [6.07, 6.45) is 3.17. The molecule has 0 spiro atoms. The third-order valence-electron chi connectivity index (χ3n) is 3.54. The van der Waals surface area contributed by atoms with Crippen molar-refractivity contribution in [2.24, 2.45) is 0 Å². The summed E-state index contributed by atoms with van der Waals surface area (Å²) in [7, 11) is 0. The Hall–Kier alpha value is -1.74. The fourth-order valence-corrected chi connectivity index (χ4v) is 2.57. The average molecular weight is 253 g/mol. The van der Waals surface area contributed by atoms with Crippen LogP contribution in [0.1, 0.15) is 30.3 Å². The van der Waals surface area contributed by atoms with E-state index < -0.39 is 0 Å². The highest BCUT2D eigenvalue weighted by Crippen LogP contribution is 2.22. The summed E-state index contributed by atoms with van der Waals surface area (Å²) >= 11 is 0. The number of aryl methyl sites for hydroxylation is 1. The van der Waals surface area contributed by atoms with Crippen molar-refractivity contribution in [2.75, 3.05) is 6.54 Å². The van der Waals surface area contributed by atoms with Crippen molar-refractivity contribution in [3.8, 4) is 11.4 Å². The second-order valence-electron chi connectivity index (χ2n) is 4.96. The highest BCUT2D eigenvalue weighted by molar-refractivity contribution is 5.55. The summed E-state index contributed by atoms with van der Waals surface area (Å²) in [6.45, 7) is 4.14. The summed E-state index contributed by atoms with van der Waals surface area (Å²) in [5.41, 5.74) is 4.89. The minimum Gasteiger partial charge on any atom is -0.312 e. The van der Waals surface area contributed by atoms with E-state index in [-0.39, 0.29) is 0 Å². The van der Waals surface area contributed by atoms with Gasteiger partial charge in [-0.1, -0.05) is 43.7 Å². The van der Waals surface area contributed by atoms with E-state index in [0.29, 0.717) is 0 Å². The number of hydrogen-bond donors (Lipinski definition) is 1. The Kier molecular flexibility index (Phi) is 3.56. The van der Waals surface area contributed by atoms with E-state index in [1.807, 2.05) is 18.2 Å². The highest BCUT2D eigenvalue weighted by atomic mass is 14.9. The molecule has 3 nitrogen and oxygen atoms in total. The third-order valence-corrected chi connectivity index (χ3v) is 3.54. The molecule has 1 aromatic carbocycles. The lowest BCUT2D eigenvalue weighted by Crippen LogP contribution is -2.26. The predicted molar refractivity (Wildman–Crippen MR) is 76.9 cm³/mol. The van der Waals surface area contributed by atoms with Gasteiger partial charge in [-0.05, 0) is 6.42 Å². The number of aromatic nitrogens is 2. The first-order chi connectivity index (χ1) is 9.38. The van der Waals surface area contributed by atoms with Gasteiger partial charge in [-0.3, -0.25) is 0 Å². The summed E-state index contributed by atoms with van der Waals surface area (Å²) in [6, 6.07) is 10.3. The molecule has 3 heteroatoms. The first kappa shape index (κ1) is 12.3. The number of nitrogens with one attached hydrogen (secondary N) is 1. The molecule has 2 aromatic rings. The largest absolute Gasteiger partial charge is 0.312 e. The maximum atomic E-state index is 4.79. The van der Waals surface area contributed by atoms with Gasteiger partial charge in [0.1, 0.15) is 0 Å². The molecule has 0 saturated carbocycles. The highest BCUT2D eigenvalue weighted by Gasteiger charge is 2.17. The van der Waals surface area contributed by atoms with Crippen LogP contribution in [0.4, 0.5) is 0 Å². The lowest BCUT2D eigenvalue weighted by Gasteiger charge is -2.20. The van der Waals surface area contributed by atoms with Gasteiger partial charge in [0.25, 0.3) is 0 Å². The third kappa shape index (κ3) is 2.51. The second-order valence-corrected chi connectivity index (χ2v) is 4.96. The zero-order valence-electron chi connectivity index (χ0n) is 11.3. The molecule has 3 rings (SSSR count). The Morgan fingerprint density at radius 3 is 2.79 bits per heavy atom. The SMILES string of the molecule is CCCc1nc(-c2ccccc2)nc2c1CNCC2. The minimum absolute atomic E-state index is 0.879. The maximum Gasteiger partial charge on any atom is 0.159 e. The van der Waals surface area contributed by atoms with Gasteiger partial charge in [-0.25, -0.2) is 9.97 Å². The maximum absolute atomic E-state index is 4.79. The molecule has 19 heavy (non-hydrogen) atoms. The zero-order valence-corrected chi connectivity index (χ0v) is 11.3. The Morgan fingerprint density at radius 2 is 2.00 bits per heavy atom. The van der Waals surface area contributed by atoms with Crippen LogP contribution in [0, 0.1) is 0 Å². The van der Waals surface area contributed by atoms with Gasteiger partial charge in [0.2, 0.25) is 0 Å². The number of fused-ring (bicyclic) bond motifs is 1. The Morgan fingerprint density at radius 1 is 1.16 bits per heavy atom. The fraction of sp³-hybridized carbons (Fsp3) is 0.375. The van der Waals surface area contributed by atoms with Crippen molar-refractivity contribution in [3.63, 3.8) is 0 Å². The molecule has 2 heterocycles. The van der Waals surface area contributed by atoms with Gasteiger partial charge in [0.15, 0.2) is 5.82 Å². The predicted octanol–water partition coefficient (Wildman–Crippen LogP) is 2.74. The normalized spacial score (nSPS) is 14.2. The fourth-order valence-electron chi connectivity index (χ4n) is 2.57. The Bertz CT molecular complexity index is 564. The molecule has 0 aliphatic carbocycles. The van der Waals surface area contributed by atoms with Crippen molar-refractivity contribution in [1.82, 2.24) is 15.3 Å². The monoisotopic (exact) mass is 253 g/mol. The Balaban J connectivity index is 2.09. The number of hydrogen-bond acceptors (Lipinski definition) is 3. The van der Waals surface area contributed by atoms with Crippen LogP contribution in [0.25, 0.3) is 11.4 Å². The first-order valence-corrected chi connectivity index (χ1v) is 7.03. The summed E-state index contributed by atoms with van der Waals surface area (Å²) in [4.78, 5) is 9.57. The standard InChI is InChI=1S/C16H19N3/c1-2-6-14-13-11-17-10-9-15(13)19-16(18-14)12-7-4-3-5-8-12/h3-5,7-8,17H,2,6,9-11H2,1H3. The van der Waals surface area contributed by atoms with Crippen LogP contribution < -0.4 is 5.32 Å². The van der Waals surface area contributed by atoms with Gasteiger partial charge in [0, 0.05) is 36.3 Å². The van der Waals surface area contributed by atoms with Crippen molar-refractivity contribution in [2.45, 2.75) is 32.7 Å². The van der Waals surface area contributed by atoms with Crippen LogP contribution in [-0.4, -0.2) is 16.5 Å². The van der Waals surface area contributed by atoms with Crippen molar-refractivity contribution < 1.29 is 0 Å². The summed E-state index contributed by atoms with van der Waals surface area (Å²) in [5.74, 6) is 0.879. The van der Waals surface area contributed by atoms with E-state index in [4.69, 9.17) is 9.97 Å². The molecule has 0 radical (unpaired) electrons. The number of benzene rings is 1. The van der Waals surface area contributed by atoms with Gasteiger partial charge in [-0.2, -0.15) is 0 Å². The molecule has 1 N–H and O–H groups in total. The smallest absolute Gasteiger partial charge is 0.159 e. The molecule has 0 atom stereocenters. The summed E-state index contributed by atoms with van der Waals surface area (Å²) in [5, 5.41) is 3.42. The van der Waals surface area contributed by atoms with Crippen LogP contribution in [-0.2, 0) is 19.4 Å².